The summed E-state index contributed by atoms with van der Waals surface area (Å²) in [6, 6.07) is 13.4. The summed E-state index contributed by atoms with van der Waals surface area (Å²) in [7, 11) is 0. The number of aromatic nitrogens is 1. The largest absolute Gasteiger partial charge is 0.494 e. The first-order valence-electron chi connectivity index (χ1n) is 9.74. The Hall–Kier alpha value is -3.81. The molecule has 1 saturated heterocycles. The monoisotopic (exact) mass is 406 g/mol. The van der Waals surface area contributed by atoms with Gasteiger partial charge >= 0.3 is 6.03 Å². The fourth-order valence-corrected chi connectivity index (χ4v) is 3.53. The van der Waals surface area contributed by atoms with E-state index in [1.165, 1.54) is 0 Å². The van der Waals surface area contributed by atoms with Gasteiger partial charge < -0.3 is 20.4 Å². The Morgan fingerprint density at radius 1 is 1.13 bits per heavy atom. The normalized spacial score (nSPS) is 16.0. The number of hydrogen-bond donors (Lipinski definition) is 3. The maximum atomic E-state index is 12.7. The van der Waals surface area contributed by atoms with Crippen LogP contribution in [0, 0.1) is 0 Å². The Bertz CT molecular complexity index is 1090. The second-order valence-electron chi connectivity index (χ2n) is 7.00. The molecule has 3 aromatic rings. The molecule has 0 spiro atoms. The van der Waals surface area contributed by atoms with Crippen LogP contribution in [0.25, 0.3) is 10.9 Å². The molecule has 2 aromatic carbocycles. The number of aromatic amines is 1. The van der Waals surface area contributed by atoms with Crippen LogP contribution >= 0.6 is 0 Å². The van der Waals surface area contributed by atoms with Crippen molar-refractivity contribution in [3.05, 3.63) is 60.3 Å². The van der Waals surface area contributed by atoms with Crippen LogP contribution in [0.5, 0.6) is 5.75 Å². The number of rotatable bonds is 7. The number of nitrogens with zero attached hydrogens (tertiary/aromatic N) is 1. The number of benzene rings is 2. The van der Waals surface area contributed by atoms with E-state index in [-0.39, 0.29) is 6.54 Å². The maximum absolute atomic E-state index is 12.7. The van der Waals surface area contributed by atoms with Crippen LogP contribution in [0.3, 0.4) is 0 Å². The van der Waals surface area contributed by atoms with Crippen LogP contribution in [0.2, 0.25) is 0 Å². The lowest BCUT2D eigenvalue weighted by Gasteiger charge is -2.13. The first-order valence-corrected chi connectivity index (χ1v) is 9.74. The molecule has 0 aliphatic carbocycles. The number of amides is 4. The third-order valence-corrected chi connectivity index (χ3v) is 4.96. The van der Waals surface area contributed by atoms with Crippen molar-refractivity contribution < 1.29 is 19.1 Å². The number of hydrogen-bond acceptors (Lipinski definition) is 4. The minimum absolute atomic E-state index is 0.345. The SMILES string of the molecule is CCOc1ccc(NC(=O)CN2C(=O)NC(Cc3c[nH]c4ccccc34)C2=O)cc1. The van der Waals surface area contributed by atoms with Gasteiger partial charge in [-0.25, -0.2) is 4.79 Å². The number of anilines is 1. The van der Waals surface area contributed by atoms with E-state index in [1.54, 1.807) is 24.3 Å². The molecule has 1 aliphatic rings. The Labute approximate surface area is 173 Å². The minimum atomic E-state index is -0.699. The number of ether oxygens (including phenoxy) is 1. The molecule has 1 fully saturated rings. The van der Waals surface area contributed by atoms with Gasteiger partial charge in [-0.3, -0.25) is 14.5 Å². The molecular formula is C22H22N4O4. The number of carbonyl (C=O) groups is 3. The highest BCUT2D eigenvalue weighted by Crippen LogP contribution is 2.21. The maximum Gasteiger partial charge on any atom is 0.325 e. The summed E-state index contributed by atoms with van der Waals surface area (Å²) < 4.78 is 5.36. The van der Waals surface area contributed by atoms with E-state index in [2.05, 4.69) is 15.6 Å². The lowest BCUT2D eigenvalue weighted by Crippen LogP contribution is -2.38. The molecule has 3 N–H and O–H groups in total. The molecule has 154 valence electrons. The van der Waals surface area contributed by atoms with E-state index in [0.29, 0.717) is 24.5 Å². The third kappa shape index (κ3) is 3.98. The molecule has 1 unspecified atom stereocenters. The predicted octanol–water partition coefficient (Wildman–Crippen LogP) is 2.67. The van der Waals surface area contributed by atoms with E-state index in [4.69, 9.17) is 4.74 Å². The Kier molecular flexibility index (Phi) is 5.38. The first kappa shape index (κ1) is 19.5. The topological polar surface area (TPSA) is 104 Å². The summed E-state index contributed by atoms with van der Waals surface area (Å²) in [6.07, 6.45) is 2.19. The van der Waals surface area contributed by atoms with Gasteiger partial charge in [-0.05, 0) is 42.8 Å². The lowest BCUT2D eigenvalue weighted by atomic mass is 10.1. The zero-order chi connectivity index (χ0) is 21.1. The van der Waals surface area contributed by atoms with E-state index in [0.717, 1.165) is 21.4 Å². The van der Waals surface area contributed by atoms with Gasteiger partial charge in [0.25, 0.3) is 5.91 Å². The molecule has 8 nitrogen and oxygen atoms in total. The van der Waals surface area contributed by atoms with Crippen LogP contribution in [-0.2, 0) is 16.0 Å². The van der Waals surface area contributed by atoms with Crippen molar-refractivity contribution in [2.75, 3.05) is 18.5 Å². The summed E-state index contributed by atoms with van der Waals surface area (Å²) in [5.74, 6) is -0.160. The molecule has 8 heteroatoms. The number of carbonyl (C=O) groups excluding carboxylic acids is 3. The van der Waals surface area contributed by atoms with Gasteiger partial charge in [-0.2, -0.15) is 0 Å². The van der Waals surface area contributed by atoms with Crippen molar-refractivity contribution in [1.29, 1.82) is 0 Å². The van der Waals surface area contributed by atoms with Gasteiger partial charge in [-0.15, -0.1) is 0 Å². The number of urea groups is 1. The van der Waals surface area contributed by atoms with E-state index < -0.39 is 23.9 Å². The Morgan fingerprint density at radius 3 is 2.67 bits per heavy atom. The second kappa shape index (κ2) is 8.28. The molecule has 30 heavy (non-hydrogen) atoms. The van der Waals surface area contributed by atoms with Crippen LogP contribution in [0.4, 0.5) is 10.5 Å². The summed E-state index contributed by atoms with van der Waals surface area (Å²) in [4.78, 5) is 41.5. The third-order valence-electron chi connectivity index (χ3n) is 4.96. The van der Waals surface area contributed by atoms with Gasteiger partial charge in [0.05, 0.1) is 6.61 Å². The zero-order valence-electron chi connectivity index (χ0n) is 16.5. The summed E-state index contributed by atoms with van der Waals surface area (Å²) in [5, 5.41) is 6.37. The van der Waals surface area contributed by atoms with E-state index in [9.17, 15) is 14.4 Å². The zero-order valence-corrected chi connectivity index (χ0v) is 16.5. The van der Waals surface area contributed by atoms with E-state index >= 15 is 0 Å². The number of para-hydroxylation sites is 1. The highest BCUT2D eigenvalue weighted by atomic mass is 16.5. The molecule has 4 amide bonds. The molecule has 0 radical (unpaired) electrons. The van der Waals surface area contributed by atoms with Crippen LogP contribution < -0.4 is 15.4 Å². The van der Waals surface area contributed by atoms with Crippen molar-refractivity contribution in [1.82, 2.24) is 15.2 Å². The average molecular weight is 406 g/mol. The number of H-pyrrole nitrogens is 1. The van der Waals surface area contributed by atoms with Crippen molar-refractivity contribution in [2.45, 2.75) is 19.4 Å². The molecule has 0 saturated carbocycles. The van der Waals surface area contributed by atoms with Gasteiger partial charge in [-0.1, -0.05) is 18.2 Å². The molecule has 1 aromatic heterocycles. The van der Waals surface area contributed by atoms with Gasteiger partial charge in [0.1, 0.15) is 18.3 Å². The average Bonchev–Trinajstić information content (AvgIpc) is 3.26. The molecule has 4 rings (SSSR count). The molecule has 0 bridgehead atoms. The first-order chi connectivity index (χ1) is 14.5. The van der Waals surface area contributed by atoms with Crippen molar-refractivity contribution in [3.8, 4) is 5.75 Å². The minimum Gasteiger partial charge on any atom is -0.494 e. The fourth-order valence-electron chi connectivity index (χ4n) is 3.53. The van der Waals surface area contributed by atoms with Crippen LogP contribution in [0.15, 0.2) is 54.7 Å². The smallest absolute Gasteiger partial charge is 0.325 e. The van der Waals surface area contributed by atoms with Crippen molar-refractivity contribution >= 4 is 34.4 Å². The quantitative estimate of drug-likeness (QED) is 0.525. The number of imide groups is 1. The number of nitrogens with one attached hydrogen (secondary N) is 3. The standard InChI is InChI=1S/C22H22N4O4/c1-2-30-16-9-7-15(8-10-16)24-20(27)13-26-21(28)19(25-22(26)29)11-14-12-23-18-6-4-3-5-17(14)18/h3-10,12,19,23H,2,11,13H2,1H3,(H,24,27)(H,25,29). The van der Waals surface area contributed by atoms with Gasteiger partial charge in [0.2, 0.25) is 5.91 Å². The second-order valence-corrected chi connectivity index (χ2v) is 7.00. The lowest BCUT2D eigenvalue weighted by molar-refractivity contribution is -0.130. The fraction of sp³-hybridized carbons (Fsp3) is 0.227. The number of fused-ring (bicyclic) bond motifs is 1. The highest BCUT2D eigenvalue weighted by molar-refractivity contribution is 6.08. The predicted molar refractivity (Wildman–Crippen MR) is 112 cm³/mol. The van der Waals surface area contributed by atoms with E-state index in [1.807, 2.05) is 37.4 Å². The highest BCUT2D eigenvalue weighted by Gasteiger charge is 2.39. The van der Waals surface area contributed by atoms with Crippen LogP contribution in [-0.4, -0.2) is 46.9 Å². The van der Waals surface area contributed by atoms with Gasteiger partial charge in [0.15, 0.2) is 0 Å². The summed E-state index contributed by atoms with van der Waals surface area (Å²) >= 11 is 0. The molecule has 1 atom stereocenters. The summed E-state index contributed by atoms with van der Waals surface area (Å²) in [5.41, 5.74) is 2.46. The molecule has 1 aliphatic heterocycles. The molecule has 2 heterocycles. The Morgan fingerprint density at radius 2 is 1.90 bits per heavy atom. The van der Waals surface area contributed by atoms with Crippen molar-refractivity contribution in [3.63, 3.8) is 0 Å². The van der Waals surface area contributed by atoms with Crippen molar-refractivity contribution in [2.24, 2.45) is 0 Å². The van der Waals surface area contributed by atoms with Gasteiger partial charge in [0, 0.05) is 29.2 Å². The molecular weight excluding hydrogens is 384 g/mol. The van der Waals surface area contributed by atoms with Crippen LogP contribution in [0.1, 0.15) is 12.5 Å². The summed E-state index contributed by atoms with van der Waals surface area (Å²) in [6.45, 7) is 2.10. The Balaban J connectivity index is 1.38.